The van der Waals surface area contributed by atoms with E-state index in [9.17, 15) is 20.6 Å². The van der Waals surface area contributed by atoms with Crippen molar-refractivity contribution in [2.75, 3.05) is 19.8 Å². The highest BCUT2D eigenvalue weighted by atomic mass is 16.5. The number of aliphatic hydroxyl groups excluding tert-OH is 2. The maximum atomic E-state index is 10.0. The highest BCUT2D eigenvalue weighted by molar-refractivity contribution is 5.44. The maximum Gasteiger partial charge on any atom is 0.115 e. The highest BCUT2D eigenvalue weighted by Gasteiger charge is 2.29. The molecular formula is C24H29NO5. The molecule has 30 heavy (non-hydrogen) atoms. The van der Waals surface area contributed by atoms with E-state index >= 15 is 0 Å². The number of hydrogen-bond acceptors (Lipinski definition) is 6. The predicted molar refractivity (Wildman–Crippen MR) is 112 cm³/mol. The van der Waals surface area contributed by atoms with E-state index in [-0.39, 0.29) is 24.6 Å². The van der Waals surface area contributed by atoms with Crippen LogP contribution in [0.3, 0.4) is 0 Å². The van der Waals surface area contributed by atoms with E-state index in [1.54, 1.807) is 18.2 Å². The molecule has 0 spiro atoms. The Bertz CT molecular complexity index is 834. The first-order chi connectivity index (χ1) is 14.6. The molecule has 160 valence electrons. The van der Waals surface area contributed by atoms with Crippen LogP contribution in [0.15, 0.2) is 42.5 Å². The molecule has 2 fully saturated rings. The molecule has 0 aromatic heterocycles. The van der Waals surface area contributed by atoms with E-state index in [1.165, 1.54) is 12.8 Å². The van der Waals surface area contributed by atoms with Crippen molar-refractivity contribution in [1.82, 2.24) is 0 Å². The van der Waals surface area contributed by atoms with Crippen molar-refractivity contribution in [2.24, 2.45) is 0 Å². The van der Waals surface area contributed by atoms with Gasteiger partial charge < -0.3 is 24.8 Å². The lowest BCUT2D eigenvalue weighted by Gasteiger charge is -2.32. The zero-order chi connectivity index (χ0) is 21.3. The third-order valence-corrected chi connectivity index (χ3v) is 5.36. The highest BCUT2D eigenvalue weighted by Crippen LogP contribution is 2.32. The number of rotatable bonds is 4. The molecule has 0 saturated carbocycles. The van der Waals surface area contributed by atoms with Crippen LogP contribution < -0.4 is 0 Å². The smallest absolute Gasteiger partial charge is 0.115 e. The van der Waals surface area contributed by atoms with Crippen LogP contribution in [0.1, 0.15) is 54.0 Å². The van der Waals surface area contributed by atoms with Crippen molar-refractivity contribution in [3.05, 3.63) is 64.7 Å². The third kappa shape index (κ3) is 6.28. The lowest BCUT2D eigenvalue weighted by molar-refractivity contribution is -0.113. The molecule has 0 radical (unpaired) electrons. The predicted octanol–water partition coefficient (Wildman–Crippen LogP) is 3.22. The Balaban J connectivity index is 0.000000448. The van der Waals surface area contributed by atoms with Gasteiger partial charge in [0.05, 0.1) is 36.6 Å². The number of nitrogens with zero attached hydrogens (tertiary/aromatic N) is 1. The minimum absolute atomic E-state index is 0.121. The van der Waals surface area contributed by atoms with Crippen LogP contribution in [0, 0.1) is 11.3 Å². The molecule has 0 aliphatic carbocycles. The number of phenolic OH excluding ortho intramolecular Hbond substituents is 1. The lowest BCUT2D eigenvalue weighted by atomic mass is 9.92. The molecule has 2 aliphatic rings. The van der Waals surface area contributed by atoms with Crippen LogP contribution in [0.2, 0.25) is 0 Å². The molecule has 2 aliphatic heterocycles. The Hall–Kier alpha value is -2.43. The van der Waals surface area contributed by atoms with E-state index < -0.39 is 6.10 Å². The van der Waals surface area contributed by atoms with Gasteiger partial charge >= 0.3 is 0 Å². The first-order valence-corrected chi connectivity index (χ1v) is 10.4. The van der Waals surface area contributed by atoms with Crippen LogP contribution in [0.25, 0.3) is 0 Å². The molecule has 2 aromatic carbocycles. The number of phenols is 1. The van der Waals surface area contributed by atoms with Gasteiger partial charge in [0.2, 0.25) is 0 Å². The van der Waals surface area contributed by atoms with Crippen molar-refractivity contribution in [2.45, 2.75) is 50.4 Å². The first-order valence-electron chi connectivity index (χ1n) is 10.4. The molecule has 3 atom stereocenters. The van der Waals surface area contributed by atoms with Gasteiger partial charge in [0.25, 0.3) is 0 Å². The molecule has 2 aromatic rings. The quantitative estimate of drug-likeness (QED) is 0.714. The van der Waals surface area contributed by atoms with Gasteiger partial charge in [0.1, 0.15) is 5.75 Å². The Morgan fingerprint density at radius 1 is 1.03 bits per heavy atom. The summed E-state index contributed by atoms with van der Waals surface area (Å²) in [4.78, 5) is 0. The number of aromatic hydroxyl groups is 1. The molecule has 2 heterocycles. The standard InChI is InChI=1S/C20H21NO4.C4H8O/c21-11-15-4-3-14(20-10-18(24)9-19(12-22)25-20)8-16(15)7-13-1-5-17(23)6-2-13;1-2-4-5-3-1/h1-6,8,18-20,22-24H,7,9-10,12H2;1-4H2. The normalized spacial score (nSPS) is 23.3. The molecule has 3 N–H and O–H groups in total. The molecule has 6 heteroatoms. The van der Waals surface area contributed by atoms with Crippen molar-refractivity contribution < 1.29 is 24.8 Å². The van der Waals surface area contributed by atoms with Gasteiger partial charge in [-0.25, -0.2) is 0 Å². The second-order valence-electron chi connectivity index (χ2n) is 7.75. The Morgan fingerprint density at radius 2 is 1.77 bits per heavy atom. The summed E-state index contributed by atoms with van der Waals surface area (Å²) >= 11 is 0. The van der Waals surface area contributed by atoms with Crippen molar-refractivity contribution in [3.8, 4) is 11.8 Å². The van der Waals surface area contributed by atoms with Crippen LogP contribution >= 0.6 is 0 Å². The second-order valence-corrected chi connectivity index (χ2v) is 7.75. The molecule has 0 amide bonds. The largest absolute Gasteiger partial charge is 0.508 e. The Labute approximate surface area is 177 Å². The van der Waals surface area contributed by atoms with E-state index in [0.29, 0.717) is 24.8 Å². The number of benzene rings is 2. The molecule has 6 nitrogen and oxygen atoms in total. The van der Waals surface area contributed by atoms with Crippen LogP contribution in [-0.4, -0.2) is 47.3 Å². The average Bonchev–Trinajstić information content (AvgIpc) is 3.35. The second kappa shape index (κ2) is 11.1. The van der Waals surface area contributed by atoms with Crippen LogP contribution in [0.4, 0.5) is 0 Å². The minimum Gasteiger partial charge on any atom is -0.508 e. The van der Waals surface area contributed by atoms with Crippen molar-refractivity contribution >= 4 is 0 Å². The summed E-state index contributed by atoms with van der Waals surface area (Å²) in [7, 11) is 0. The summed E-state index contributed by atoms with van der Waals surface area (Å²) in [6.45, 7) is 1.88. The SMILES string of the molecule is C1CCOC1.N#Cc1ccc(C2CC(O)CC(CO)O2)cc1Cc1ccc(O)cc1. The van der Waals surface area contributed by atoms with Gasteiger partial charge in [-0.2, -0.15) is 5.26 Å². The monoisotopic (exact) mass is 411 g/mol. The number of hydrogen-bond donors (Lipinski definition) is 3. The van der Waals surface area contributed by atoms with E-state index in [2.05, 4.69) is 6.07 Å². The third-order valence-electron chi connectivity index (χ3n) is 5.36. The minimum atomic E-state index is -0.507. The van der Waals surface area contributed by atoms with E-state index in [4.69, 9.17) is 9.47 Å². The zero-order valence-corrected chi connectivity index (χ0v) is 17.0. The van der Waals surface area contributed by atoms with Crippen molar-refractivity contribution in [3.63, 3.8) is 0 Å². The Kier molecular flexibility index (Phi) is 8.23. The maximum absolute atomic E-state index is 10.0. The van der Waals surface area contributed by atoms with Gasteiger partial charge in [-0.15, -0.1) is 0 Å². The summed E-state index contributed by atoms with van der Waals surface area (Å²) in [6.07, 6.45) is 2.85. The fourth-order valence-corrected chi connectivity index (χ4v) is 3.74. The summed E-state index contributed by atoms with van der Waals surface area (Å²) in [6, 6.07) is 14.6. The van der Waals surface area contributed by atoms with E-state index in [1.807, 2.05) is 24.3 Å². The summed E-state index contributed by atoms with van der Waals surface area (Å²) < 4.78 is 10.8. The molecule has 3 unspecified atom stereocenters. The van der Waals surface area contributed by atoms with Gasteiger partial charge in [0.15, 0.2) is 0 Å². The van der Waals surface area contributed by atoms with Crippen LogP contribution in [0.5, 0.6) is 5.75 Å². The molecular weight excluding hydrogens is 382 g/mol. The zero-order valence-electron chi connectivity index (χ0n) is 17.0. The van der Waals surface area contributed by atoms with Gasteiger partial charge in [-0.3, -0.25) is 0 Å². The fourth-order valence-electron chi connectivity index (χ4n) is 3.74. The van der Waals surface area contributed by atoms with E-state index in [0.717, 1.165) is 29.9 Å². The van der Waals surface area contributed by atoms with Gasteiger partial charge in [0, 0.05) is 26.1 Å². The van der Waals surface area contributed by atoms with Crippen molar-refractivity contribution in [1.29, 1.82) is 5.26 Å². The molecule has 0 bridgehead atoms. The summed E-state index contributed by atoms with van der Waals surface area (Å²) in [5.41, 5.74) is 3.34. The lowest BCUT2D eigenvalue weighted by Crippen LogP contribution is -2.33. The topological polar surface area (TPSA) is 103 Å². The van der Waals surface area contributed by atoms with Gasteiger partial charge in [-0.05, 0) is 54.2 Å². The number of aliphatic hydroxyl groups is 2. The molecule has 4 rings (SSSR count). The fraction of sp³-hybridized carbons (Fsp3) is 0.458. The van der Waals surface area contributed by atoms with Gasteiger partial charge in [-0.1, -0.05) is 24.3 Å². The summed E-state index contributed by atoms with van der Waals surface area (Å²) in [5.74, 6) is 0.206. The molecule has 2 saturated heterocycles. The Morgan fingerprint density at radius 3 is 2.37 bits per heavy atom. The number of ether oxygens (including phenoxy) is 2. The van der Waals surface area contributed by atoms with Crippen LogP contribution in [-0.2, 0) is 15.9 Å². The number of nitriles is 1. The first kappa shape index (κ1) is 22.3. The summed E-state index contributed by atoms with van der Waals surface area (Å²) in [5, 5.41) is 38.1. The average molecular weight is 411 g/mol.